The molecule has 0 aliphatic carbocycles. The molecule has 2 aliphatic heterocycles. The van der Waals surface area contributed by atoms with Crippen LogP contribution in [0, 0.1) is 0 Å². The van der Waals surface area contributed by atoms with Crippen LogP contribution in [0.2, 0.25) is 0 Å². The minimum absolute atomic E-state index is 0. The first kappa shape index (κ1) is 23.1. The lowest BCUT2D eigenvalue weighted by Gasteiger charge is -2.26. The third-order valence-corrected chi connectivity index (χ3v) is 4.76. The zero-order valence-electron chi connectivity index (χ0n) is 16.0. The van der Waals surface area contributed by atoms with E-state index < -0.39 is 12.7 Å². The van der Waals surface area contributed by atoms with Crippen LogP contribution in [0.3, 0.4) is 0 Å². The first-order valence-corrected chi connectivity index (χ1v) is 9.07. The Morgan fingerprint density at radius 1 is 1.25 bits per heavy atom. The Kier molecular flexibility index (Phi) is 8.30. The van der Waals surface area contributed by atoms with E-state index in [9.17, 15) is 13.2 Å². The van der Waals surface area contributed by atoms with Gasteiger partial charge in [0, 0.05) is 45.8 Å². The molecule has 0 radical (unpaired) electrons. The molecular weight excluding hydrogens is 490 g/mol. The zero-order valence-corrected chi connectivity index (χ0v) is 18.3. The minimum atomic E-state index is -4.16. The van der Waals surface area contributed by atoms with Crippen molar-refractivity contribution in [2.75, 3.05) is 33.8 Å². The van der Waals surface area contributed by atoms with E-state index >= 15 is 0 Å². The summed E-state index contributed by atoms with van der Waals surface area (Å²) in [5.41, 5.74) is 0. The number of aliphatic imine (C=N–C) groups is 1. The number of likely N-dealkylation sites (tertiary alicyclic amines) is 1. The Labute approximate surface area is 179 Å². The molecule has 1 saturated heterocycles. The second-order valence-corrected chi connectivity index (χ2v) is 6.99. The Balaban J connectivity index is 0.00000280. The molecule has 2 aliphatic rings. The number of fused-ring (bicyclic) bond motifs is 1. The fourth-order valence-electron chi connectivity index (χ4n) is 3.57. The van der Waals surface area contributed by atoms with Gasteiger partial charge in [-0.3, -0.25) is 9.89 Å². The molecule has 1 aromatic heterocycles. The summed E-state index contributed by atoms with van der Waals surface area (Å²) in [4.78, 5) is 10.1. The normalized spacial score (nSPS) is 23.2. The van der Waals surface area contributed by atoms with Gasteiger partial charge in [-0.25, -0.2) is 9.67 Å². The van der Waals surface area contributed by atoms with Gasteiger partial charge in [-0.05, 0) is 12.8 Å². The number of hydrogen-bond acceptors (Lipinski definition) is 5. The van der Waals surface area contributed by atoms with Crippen molar-refractivity contribution >= 4 is 29.9 Å². The third kappa shape index (κ3) is 6.44. The molecule has 0 saturated carbocycles. The van der Waals surface area contributed by atoms with Crippen molar-refractivity contribution in [1.82, 2.24) is 30.3 Å². The van der Waals surface area contributed by atoms with E-state index in [1.807, 2.05) is 4.68 Å². The van der Waals surface area contributed by atoms with E-state index in [0.29, 0.717) is 44.4 Å². The standard InChI is InChI=1S/C16H26F3N7O.HI/c1-20-15(22-12-5-6-25(7-12)10-16(17,18)19)21-11-3-4-14-23-13(9-27-2)24-26(14)8-11;/h11-12H,3-10H2,1-2H3,(H2,20,21,22);1H. The average molecular weight is 517 g/mol. The van der Waals surface area contributed by atoms with Crippen LogP contribution in [0.5, 0.6) is 0 Å². The van der Waals surface area contributed by atoms with Crippen molar-refractivity contribution < 1.29 is 17.9 Å². The Bertz CT molecular complexity index is 667. The fourth-order valence-corrected chi connectivity index (χ4v) is 3.57. The number of guanidine groups is 1. The molecule has 0 aromatic carbocycles. The molecule has 2 unspecified atom stereocenters. The number of methoxy groups -OCH3 is 1. The number of alkyl halides is 3. The van der Waals surface area contributed by atoms with E-state index in [-0.39, 0.29) is 36.1 Å². The largest absolute Gasteiger partial charge is 0.401 e. The summed E-state index contributed by atoms with van der Waals surface area (Å²) < 4.78 is 44.5. The summed E-state index contributed by atoms with van der Waals surface area (Å²) in [7, 11) is 3.27. The number of halogens is 4. The third-order valence-electron chi connectivity index (χ3n) is 4.76. The van der Waals surface area contributed by atoms with Gasteiger partial charge in [0.1, 0.15) is 12.4 Å². The number of hydrogen-bond donors (Lipinski definition) is 2. The fraction of sp³-hybridized carbons (Fsp3) is 0.812. The number of rotatable bonds is 5. The molecule has 28 heavy (non-hydrogen) atoms. The number of aryl methyl sites for hydroxylation is 1. The van der Waals surface area contributed by atoms with Crippen molar-refractivity contribution in [1.29, 1.82) is 0 Å². The Morgan fingerprint density at radius 2 is 1.96 bits per heavy atom. The molecule has 2 atom stereocenters. The average Bonchev–Trinajstić information content (AvgIpc) is 3.18. The highest BCUT2D eigenvalue weighted by molar-refractivity contribution is 14.0. The van der Waals surface area contributed by atoms with Crippen LogP contribution in [-0.2, 0) is 24.3 Å². The van der Waals surface area contributed by atoms with Gasteiger partial charge in [-0.15, -0.1) is 24.0 Å². The summed E-state index contributed by atoms with van der Waals surface area (Å²) in [5, 5.41) is 11.0. The van der Waals surface area contributed by atoms with Crippen molar-refractivity contribution in [2.45, 2.75) is 50.7 Å². The van der Waals surface area contributed by atoms with Crippen molar-refractivity contribution in [3.8, 4) is 0 Å². The summed E-state index contributed by atoms with van der Waals surface area (Å²) in [6.07, 6.45) is -1.81. The Morgan fingerprint density at radius 3 is 2.61 bits per heavy atom. The summed E-state index contributed by atoms with van der Waals surface area (Å²) in [6.45, 7) is 0.981. The lowest BCUT2D eigenvalue weighted by molar-refractivity contribution is -0.143. The van der Waals surface area contributed by atoms with E-state index in [2.05, 4.69) is 25.7 Å². The molecule has 12 heteroatoms. The molecule has 1 fully saturated rings. The molecule has 3 rings (SSSR count). The van der Waals surface area contributed by atoms with Crippen LogP contribution in [0.25, 0.3) is 0 Å². The molecule has 160 valence electrons. The van der Waals surface area contributed by atoms with Crippen molar-refractivity contribution in [3.63, 3.8) is 0 Å². The lowest BCUT2D eigenvalue weighted by Crippen LogP contribution is -2.50. The lowest BCUT2D eigenvalue weighted by atomic mass is 10.1. The molecule has 0 amide bonds. The predicted molar refractivity (Wildman–Crippen MR) is 109 cm³/mol. The highest BCUT2D eigenvalue weighted by Gasteiger charge is 2.34. The second kappa shape index (κ2) is 10.1. The van der Waals surface area contributed by atoms with E-state index in [1.54, 1.807) is 14.2 Å². The summed E-state index contributed by atoms with van der Waals surface area (Å²) in [6, 6.07) is 0.0888. The maximum Gasteiger partial charge on any atom is 0.401 e. The molecule has 1 aromatic rings. The van der Waals surface area contributed by atoms with Gasteiger partial charge in [0.05, 0.1) is 13.1 Å². The topological polar surface area (TPSA) is 79.6 Å². The maximum absolute atomic E-state index is 12.5. The molecule has 0 spiro atoms. The second-order valence-electron chi connectivity index (χ2n) is 6.99. The molecular formula is C16H27F3IN7O. The number of ether oxygens (including phenoxy) is 1. The first-order chi connectivity index (χ1) is 12.9. The van der Waals surface area contributed by atoms with Crippen LogP contribution in [-0.4, -0.2) is 77.7 Å². The predicted octanol–water partition coefficient (Wildman–Crippen LogP) is 1.16. The quantitative estimate of drug-likeness (QED) is 0.347. The molecule has 0 bridgehead atoms. The van der Waals surface area contributed by atoms with Gasteiger partial charge in [-0.2, -0.15) is 18.3 Å². The SMILES string of the molecule is CN=C(NC1CCN(CC(F)(F)F)C1)NC1CCc2nc(COC)nn2C1.I. The van der Waals surface area contributed by atoms with Crippen molar-refractivity contribution in [2.24, 2.45) is 4.99 Å². The smallest absolute Gasteiger partial charge is 0.377 e. The van der Waals surface area contributed by atoms with Crippen LogP contribution < -0.4 is 10.6 Å². The number of aromatic nitrogens is 3. The van der Waals surface area contributed by atoms with E-state index in [4.69, 9.17) is 4.74 Å². The monoisotopic (exact) mass is 517 g/mol. The minimum Gasteiger partial charge on any atom is -0.377 e. The maximum atomic E-state index is 12.5. The Hall–Kier alpha value is -1.15. The summed E-state index contributed by atoms with van der Waals surface area (Å²) in [5.74, 6) is 2.23. The van der Waals surface area contributed by atoms with Gasteiger partial charge in [-0.1, -0.05) is 0 Å². The van der Waals surface area contributed by atoms with E-state index in [0.717, 1.165) is 18.7 Å². The zero-order chi connectivity index (χ0) is 19.4. The number of nitrogens with zero attached hydrogens (tertiary/aromatic N) is 5. The van der Waals surface area contributed by atoms with Gasteiger partial charge in [0.2, 0.25) is 0 Å². The van der Waals surface area contributed by atoms with Crippen LogP contribution in [0.1, 0.15) is 24.5 Å². The summed E-state index contributed by atoms with van der Waals surface area (Å²) >= 11 is 0. The van der Waals surface area contributed by atoms with Crippen molar-refractivity contribution in [3.05, 3.63) is 11.6 Å². The highest BCUT2D eigenvalue weighted by Crippen LogP contribution is 2.20. The molecule has 3 heterocycles. The van der Waals surface area contributed by atoms with Gasteiger partial charge >= 0.3 is 6.18 Å². The van der Waals surface area contributed by atoms with Crippen LogP contribution in [0.4, 0.5) is 13.2 Å². The van der Waals surface area contributed by atoms with Crippen LogP contribution >= 0.6 is 24.0 Å². The molecule has 8 nitrogen and oxygen atoms in total. The van der Waals surface area contributed by atoms with Gasteiger partial charge in [0.15, 0.2) is 11.8 Å². The number of nitrogens with one attached hydrogen (secondary N) is 2. The van der Waals surface area contributed by atoms with Gasteiger partial charge in [0.25, 0.3) is 0 Å². The van der Waals surface area contributed by atoms with E-state index in [1.165, 1.54) is 4.90 Å². The first-order valence-electron chi connectivity index (χ1n) is 9.07. The van der Waals surface area contributed by atoms with Gasteiger partial charge < -0.3 is 15.4 Å². The molecule has 2 N–H and O–H groups in total. The highest BCUT2D eigenvalue weighted by atomic mass is 127. The van der Waals surface area contributed by atoms with Crippen LogP contribution in [0.15, 0.2) is 4.99 Å².